The Morgan fingerprint density at radius 2 is 1.86 bits per heavy atom. The third-order valence-electron chi connectivity index (χ3n) is 4.84. The van der Waals surface area contributed by atoms with Crippen molar-refractivity contribution in [3.05, 3.63) is 71.8 Å². The summed E-state index contributed by atoms with van der Waals surface area (Å²) in [4.78, 5) is 12.2. The summed E-state index contributed by atoms with van der Waals surface area (Å²) in [6.07, 6.45) is 1.56. The number of aromatic nitrogens is 2. The monoisotopic (exact) mass is 524 g/mol. The number of nitrogens with zero attached hydrogens (tertiary/aromatic N) is 3. The topological polar surface area (TPSA) is 85.7 Å². The van der Waals surface area contributed by atoms with E-state index in [0.717, 1.165) is 20.0 Å². The van der Waals surface area contributed by atoms with Gasteiger partial charge in [-0.15, -0.1) is 10.2 Å². The molecule has 0 saturated carbocycles. The Bertz CT molecular complexity index is 1320. The molecule has 0 bridgehead atoms. The molecule has 0 radical (unpaired) electrons. The smallest absolute Gasteiger partial charge is 0.250 e. The molecule has 1 amide bonds. The van der Waals surface area contributed by atoms with Crippen LogP contribution < -0.4 is 14.9 Å². The Kier molecular flexibility index (Phi) is 8.99. The number of methoxy groups -OCH3 is 1. The normalized spacial score (nSPS) is 11.1. The standard InChI is InChI=1S/C25H24N4O3S3/c1-3-32-21-12-11-17(13-22(21)31-2)14-26-27-23(30)16-34-25-29-28-24(35-25)33-15-19-9-6-8-18-7-4-5-10-20(18)19/h4-14H,3,15-16H2,1-2H3,(H,27,30)/b26-14+. The molecule has 0 aliphatic carbocycles. The highest BCUT2D eigenvalue weighted by Crippen LogP contribution is 2.32. The molecule has 180 valence electrons. The van der Waals surface area contributed by atoms with Crippen molar-refractivity contribution in [2.45, 2.75) is 21.4 Å². The van der Waals surface area contributed by atoms with Crippen molar-refractivity contribution in [1.29, 1.82) is 0 Å². The summed E-state index contributed by atoms with van der Waals surface area (Å²) in [5.74, 6) is 2.07. The maximum atomic E-state index is 12.2. The molecule has 1 aromatic heterocycles. The first-order valence-electron chi connectivity index (χ1n) is 10.8. The van der Waals surface area contributed by atoms with Crippen LogP contribution in [0.2, 0.25) is 0 Å². The zero-order chi connectivity index (χ0) is 24.5. The largest absolute Gasteiger partial charge is 0.493 e. The van der Waals surface area contributed by atoms with E-state index >= 15 is 0 Å². The number of benzene rings is 3. The highest BCUT2D eigenvalue weighted by Gasteiger charge is 2.10. The maximum Gasteiger partial charge on any atom is 0.250 e. The average Bonchev–Trinajstić information content (AvgIpc) is 3.35. The van der Waals surface area contributed by atoms with Crippen molar-refractivity contribution in [2.24, 2.45) is 5.10 Å². The van der Waals surface area contributed by atoms with Crippen LogP contribution >= 0.6 is 34.9 Å². The molecule has 3 aromatic carbocycles. The zero-order valence-corrected chi connectivity index (χ0v) is 21.7. The van der Waals surface area contributed by atoms with Gasteiger partial charge >= 0.3 is 0 Å². The van der Waals surface area contributed by atoms with Crippen LogP contribution in [-0.2, 0) is 10.5 Å². The summed E-state index contributed by atoms with van der Waals surface area (Å²) in [5.41, 5.74) is 4.59. The van der Waals surface area contributed by atoms with Gasteiger partial charge in [-0.2, -0.15) is 5.10 Å². The Hall–Kier alpha value is -3.08. The van der Waals surface area contributed by atoms with Gasteiger partial charge in [0, 0.05) is 5.75 Å². The molecular formula is C25H24N4O3S3. The van der Waals surface area contributed by atoms with Crippen molar-refractivity contribution in [2.75, 3.05) is 19.5 Å². The molecule has 0 aliphatic rings. The minimum absolute atomic E-state index is 0.201. The number of carbonyl (C=O) groups excluding carboxylic acids is 1. The Morgan fingerprint density at radius 1 is 1.06 bits per heavy atom. The highest BCUT2D eigenvalue weighted by atomic mass is 32.2. The van der Waals surface area contributed by atoms with Crippen LogP contribution in [0.3, 0.4) is 0 Å². The van der Waals surface area contributed by atoms with E-state index < -0.39 is 0 Å². The van der Waals surface area contributed by atoms with Gasteiger partial charge in [-0.05, 0) is 47.0 Å². The minimum atomic E-state index is -0.218. The maximum absolute atomic E-state index is 12.2. The molecule has 35 heavy (non-hydrogen) atoms. The van der Waals surface area contributed by atoms with E-state index in [2.05, 4.69) is 57.1 Å². The molecule has 1 N–H and O–H groups in total. The number of ether oxygens (including phenoxy) is 2. The van der Waals surface area contributed by atoms with Crippen LogP contribution in [0.15, 0.2) is 74.4 Å². The first-order chi connectivity index (χ1) is 17.2. The van der Waals surface area contributed by atoms with Crippen molar-refractivity contribution < 1.29 is 14.3 Å². The lowest BCUT2D eigenvalue weighted by atomic mass is 10.1. The van der Waals surface area contributed by atoms with E-state index in [0.29, 0.717) is 18.1 Å². The van der Waals surface area contributed by atoms with E-state index in [1.165, 1.54) is 39.4 Å². The van der Waals surface area contributed by atoms with E-state index in [-0.39, 0.29) is 11.7 Å². The fourth-order valence-electron chi connectivity index (χ4n) is 3.25. The van der Waals surface area contributed by atoms with Gasteiger partial charge in [-0.1, -0.05) is 77.3 Å². The second-order valence-electron chi connectivity index (χ2n) is 7.19. The van der Waals surface area contributed by atoms with Gasteiger partial charge in [0.05, 0.1) is 25.7 Å². The number of hydrazone groups is 1. The molecule has 0 saturated heterocycles. The summed E-state index contributed by atoms with van der Waals surface area (Å²) in [5, 5.41) is 15.0. The second kappa shape index (κ2) is 12.6. The summed E-state index contributed by atoms with van der Waals surface area (Å²) in [6, 6.07) is 20.2. The number of amides is 1. The van der Waals surface area contributed by atoms with Gasteiger partial charge in [0.25, 0.3) is 5.91 Å². The first kappa shape index (κ1) is 25.0. The Morgan fingerprint density at radius 3 is 2.69 bits per heavy atom. The van der Waals surface area contributed by atoms with Crippen LogP contribution in [0.4, 0.5) is 0 Å². The number of thioether (sulfide) groups is 2. The Balaban J connectivity index is 1.24. The van der Waals surface area contributed by atoms with Crippen LogP contribution in [-0.4, -0.2) is 41.8 Å². The third-order valence-corrected chi connectivity index (χ3v) is 8.07. The summed E-state index contributed by atoms with van der Waals surface area (Å²) < 4.78 is 12.5. The van der Waals surface area contributed by atoms with E-state index in [4.69, 9.17) is 9.47 Å². The van der Waals surface area contributed by atoms with Gasteiger partial charge in [-0.25, -0.2) is 5.43 Å². The fraction of sp³-hybridized carbons (Fsp3) is 0.200. The molecular weight excluding hydrogens is 501 g/mol. The van der Waals surface area contributed by atoms with Crippen LogP contribution in [0.25, 0.3) is 10.8 Å². The fourth-order valence-corrected chi connectivity index (χ4v) is 6.07. The third kappa shape index (κ3) is 6.97. The van der Waals surface area contributed by atoms with Crippen molar-refractivity contribution in [3.8, 4) is 11.5 Å². The summed E-state index contributed by atoms with van der Waals surface area (Å²) in [7, 11) is 1.58. The molecule has 0 fully saturated rings. The molecule has 0 spiro atoms. The minimum Gasteiger partial charge on any atom is -0.493 e. The molecule has 10 heteroatoms. The van der Waals surface area contributed by atoms with Gasteiger partial charge in [0.15, 0.2) is 20.2 Å². The molecule has 0 unspecified atom stereocenters. The second-order valence-corrected chi connectivity index (χ2v) is 10.6. The van der Waals surface area contributed by atoms with Gasteiger partial charge in [-0.3, -0.25) is 4.79 Å². The number of carbonyl (C=O) groups is 1. The van der Waals surface area contributed by atoms with E-state index in [1.807, 2.05) is 25.1 Å². The van der Waals surface area contributed by atoms with E-state index in [9.17, 15) is 4.79 Å². The lowest BCUT2D eigenvalue weighted by Gasteiger charge is -2.09. The van der Waals surface area contributed by atoms with Crippen molar-refractivity contribution >= 4 is 57.8 Å². The van der Waals surface area contributed by atoms with Gasteiger partial charge in [0.1, 0.15) is 0 Å². The molecule has 1 heterocycles. The number of fused-ring (bicyclic) bond motifs is 1. The van der Waals surface area contributed by atoms with Gasteiger partial charge in [0.2, 0.25) is 0 Å². The Labute approximate surface area is 216 Å². The first-order valence-corrected chi connectivity index (χ1v) is 13.6. The summed E-state index contributed by atoms with van der Waals surface area (Å²) in [6.45, 7) is 2.46. The predicted octanol–water partition coefficient (Wildman–Crippen LogP) is 5.63. The molecule has 7 nitrogen and oxygen atoms in total. The zero-order valence-electron chi connectivity index (χ0n) is 19.3. The number of hydrogen-bond acceptors (Lipinski definition) is 9. The number of hydrogen-bond donors (Lipinski definition) is 1. The predicted molar refractivity (Wildman–Crippen MR) is 144 cm³/mol. The van der Waals surface area contributed by atoms with Crippen molar-refractivity contribution in [3.63, 3.8) is 0 Å². The molecule has 4 rings (SSSR count). The summed E-state index contributed by atoms with van der Waals surface area (Å²) >= 11 is 4.48. The number of nitrogens with one attached hydrogen (secondary N) is 1. The molecule has 0 atom stereocenters. The molecule has 4 aromatic rings. The lowest BCUT2D eigenvalue weighted by molar-refractivity contribution is -0.118. The quantitative estimate of drug-likeness (QED) is 0.155. The highest BCUT2D eigenvalue weighted by molar-refractivity contribution is 8.03. The van der Waals surface area contributed by atoms with Crippen LogP contribution in [0.5, 0.6) is 11.5 Å². The van der Waals surface area contributed by atoms with Crippen molar-refractivity contribution in [1.82, 2.24) is 15.6 Å². The van der Waals surface area contributed by atoms with Crippen LogP contribution in [0, 0.1) is 0 Å². The molecule has 0 aliphatic heterocycles. The lowest BCUT2D eigenvalue weighted by Crippen LogP contribution is -2.19. The van der Waals surface area contributed by atoms with E-state index in [1.54, 1.807) is 31.2 Å². The van der Waals surface area contributed by atoms with Gasteiger partial charge < -0.3 is 9.47 Å². The number of rotatable bonds is 11. The SMILES string of the molecule is CCOc1ccc(/C=N/NC(=O)CSc2nnc(SCc3cccc4ccccc34)s2)cc1OC. The van der Waals surface area contributed by atoms with Crippen LogP contribution in [0.1, 0.15) is 18.1 Å². The average molecular weight is 525 g/mol.